The predicted octanol–water partition coefficient (Wildman–Crippen LogP) is 4.08. The molecule has 3 aromatic rings. The van der Waals surface area contributed by atoms with Gasteiger partial charge in [-0.15, -0.1) is 0 Å². The van der Waals surface area contributed by atoms with Crippen LogP contribution in [-0.4, -0.2) is 71.2 Å². The molecule has 3 amide bonds. The van der Waals surface area contributed by atoms with Crippen molar-refractivity contribution in [3.63, 3.8) is 0 Å². The summed E-state index contributed by atoms with van der Waals surface area (Å²) in [4.78, 5) is 48.6. The van der Waals surface area contributed by atoms with Gasteiger partial charge >= 0.3 is 0 Å². The van der Waals surface area contributed by atoms with Crippen LogP contribution in [0.25, 0.3) is 0 Å². The molecule has 3 N–H and O–H groups in total. The number of methoxy groups -OCH3 is 1. The van der Waals surface area contributed by atoms with E-state index in [-0.39, 0.29) is 34.4 Å². The number of nitrogens with zero attached hydrogens (tertiary/aromatic N) is 1. The van der Waals surface area contributed by atoms with Gasteiger partial charge in [-0.3, -0.25) is 19.2 Å². The Balaban J connectivity index is 1.52. The number of halogens is 2. The first-order valence-corrected chi connectivity index (χ1v) is 20.1. The molecule has 1 unspecified atom stereocenters. The zero-order valence-corrected chi connectivity index (χ0v) is 30.5. The summed E-state index contributed by atoms with van der Waals surface area (Å²) in [6.07, 6.45) is 4.34. The average molecular weight is 768 g/mol. The van der Waals surface area contributed by atoms with E-state index < -0.39 is 55.9 Å². The van der Waals surface area contributed by atoms with Gasteiger partial charge in [-0.2, -0.15) is 0 Å². The number of fused-ring (bicyclic) bond motifs is 1. The van der Waals surface area contributed by atoms with Crippen molar-refractivity contribution in [1.82, 2.24) is 19.8 Å². The maximum Gasteiger partial charge on any atom is 0.268 e. The molecule has 0 saturated heterocycles. The summed E-state index contributed by atoms with van der Waals surface area (Å²) in [7, 11) is -6.18. The lowest BCUT2D eigenvalue weighted by atomic mass is 9.76. The minimum absolute atomic E-state index is 0.0668. The first kappa shape index (κ1) is 37.5. The highest BCUT2D eigenvalue weighted by Gasteiger charge is 2.49. The standard InChI is InChI=1S/C33H36Cl2N4O9S2/c1-47-28-15-12-19(16-24(28)31(40)38-50(3,45)46)18-48-36-32(41)29-21-8-4-5-9-22(21)33(42)39(30(29)23-14-13-20(34)17-25(23)35)27-11-7-6-10-26(27)37-49(2,43)44/h4-5,8-9,12-17,26-27,29-30,37H,6-7,10-11,18H2,1-3H3,(H,36,41)(H,38,40)/t26-,27?,29+,30-/m0/s1. The third-order valence-electron chi connectivity index (χ3n) is 8.59. The van der Waals surface area contributed by atoms with Crippen molar-refractivity contribution in [2.24, 2.45) is 0 Å². The molecule has 2 aliphatic rings. The summed E-state index contributed by atoms with van der Waals surface area (Å²) in [6, 6.07) is 13.6. The van der Waals surface area contributed by atoms with Gasteiger partial charge in [0, 0.05) is 27.7 Å². The van der Waals surface area contributed by atoms with Gasteiger partial charge in [0.25, 0.3) is 17.7 Å². The van der Waals surface area contributed by atoms with E-state index in [0.717, 1.165) is 25.4 Å². The number of nitrogens with one attached hydrogen (secondary N) is 3. The highest BCUT2D eigenvalue weighted by Crippen LogP contribution is 2.48. The molecule has 0 radical (unpaired) electrons. The second-order valence-corrected chi connectivity index (χ2v) is 16.6. The number of hydrogen-bond acceptors (Lipinski definition) is 9. The molecule has 50 heavy (non-hydrogen) atoms. The largest absolute Gasteiger partial charge is 0.496 e. The van der Waals surface area contributed by atoms with E-state index in [0.29, 0.717) is 34.6 Å². The summed E-state index contributed by atoms with van der Waals surface area (Å²) in [6.45, 7) is -0.235. The smallest absolute Gasteiger partial charge is 0.268 e. The van der Waals surface area contributed by atoms with Crippen LogP contribution < -0.4 is 19.7 Å². The van der Waals surface area contributed by atoms with Gasteiger partial charge in [0.1, 0.15) is 5.75 Å². The Morgan fingerprint density at radius 3 is 2.32 bits per heavy atom. The van der Waals surface area contributed by atoms with Gasteiger partial charge in [0.05, 0.1) is 43.8 Å². The molecule has 1 aliphatic heterocycles. The van der Waals surface area contributed by atoms with E-state index in [9.17, 15) is 31.2 Å². The molecule has 3 aromatic carbocycles. The molecule has 0 aromatic heterocycles. The van der Waals surface area contributed by atoms with Crippen LogP contribution in [0.4, 0.5) is 0 Å². The van der Waals surface area contributed by atoms with Crippen molar-refractivity contribution in [2.45, 2.75) is 56.3 Å². The van der Waals surface area contributed by atoms with Crippen LogP contribution in [0.1, 0.15) is 75.0 Å². The van der Waals surface area contributed by atoms with E-state index in [4.69, 9.17) is 32.8 Å². The number of carbonyl (C=O) groups excluding carboxylic acids is 3. The van der Waals surface area contributed by atoms with Crippen LogP contribution in [0, 0.1) is 0 Å². The van der Waals surface area contributed by atoms with Crippen LogP contribution in [0.2, 0.25) is 10.0 Å². The van der Waals surface area contributed by atoms with Crippen LogP contribution in [0.15, 0.2) is 60.7 Å². The van der Waals surface area contributed by atoms with Crippen LogP contribution in [0.5, 0.6) is 5.75 Å². The van der Waals surface area contributed by atoms with Crippen molar-refractivity contribution in [2.75, 3.05) is 19.6 Å². The number of amides is 3. The van der Waals surface area contributed by atoms with Crippen molar-refractivity contribution >= 4 is 61.0 Å². The Morgan fingerprint density at radius 1 is 0.920 bits per heavy atom. The fraction of sp³-hybridized carbons (Fsp3) is 0.364. The highest BCUT2D eigenvalue weighted by molar-refractivity contribution is 7.89. The lowest BCUT2D eigenvalue weighted by Crippen LogP contribution is -2.59. The van der Waals surface area contributed by atoms with Gasteiger partial charge in [-0.05, 0) is 59.9 Å². The van der Waals surface area contributed by atoms with Gasteiger partial charge in [0.2, 0.25) is 20.0 Å². The third kappa shape index (κ3) is 8.58. The first-order valence-electron chi connectivity index (χ1n) is 15.5. The minimum atomic E-state index is -3.86. The highest BCUT2D eigenvalue weighted by atomic mass is 35.5. The first-order chi connectivity index (χ1) is 23.6. The fourth-order valence-corrected chi connectivity index (χ4v) is 8.42. The molecule has 1 saturated carbocycles. The van der Waals surface area contributed by atoms with Gasteiger partial charge < -0.3 is 9.64 Å². The normalized spacial score (nSPS) is 20.9. The molecule has 4 atom stereocenters. The topological polar surface area (TPSA) is 177 Å². The van der Waals surface area contributed by atoms with Crippen molar-refractivity contribution < 1.29 is 40.8 Å². The summed E-state index contributed by atoms with van der Waals surface area (Å²) < 4.78 is 58.0. The minimum Gasteiger partial charge on any atom is -0.496 e. The summed E-state index contributed by atoms with van der Waals surface area (Å²) in [5.41, 5.74) is 3.94. The number of carbonyl (C=O) groups is 3. The predicted molar refractivity (Wildman–Crippen MR) is 187 cm³/mol. The summed E-state index contributed by atoms with van der Waals surface area (Å²) in [5, 5.41) is 0.551. The fourth-order valence-electron chi connectivity index (χ4n) is 6.63. The lowest BCUT2D eigenvalue weighted by Gasteiger charge is -2.49. The lowest BCUT2D eigenvalue weighted by molar-refractivity contribution is -0.138. The van der Waals surface area contributed by atoms with E-state index in [1.807, 2.05) is 4.72 Å². The Labute approximate surface area is 300 Å². The Hall–Kier alpha value is -3.73. The van der Waals surface area contributed by atoms with E-state index >= 15 is 0 Å². The molecule has 5 rings (SSSR count). The maximum atomic E-state index is 14.4. The van der Waals surface area contributed by atoms with E-state index in [1.165, 1.54) is 25.3 Å². The molecule has 0 spiro atoms. The third-order valence-corrected chi connectivity index (χ3v) is 10.4. The Kier molecular flexibility index (Phi) is 11.4. The Bertz CT molecular complexity index is 2030. The second kappa shape index (κ2) is 15.3. The number of hydrogen-bond donors (Lipinski definition) is 3. The molecule has 1 heterocycles. The molecule has 1 fully saturated rings. The summed E-state index contributed by atoms with van der Waals surface area (Å²) >= 11 is 13.0. The van der Waals surface area contributed by atoms with Crippen LogP contribution in [0.3, 0.4) is 0 Å². The zero-order valence-electron chi connectivity index (χ0n) is 27.3. The van der Waals surface area contributed by atoms with Gasteiger partial charge in [0.15, 0.2) is 0 Å². The van der Waals surface area contributed by atoms with E-state index in [2.05, 4.69) is 10.2 Å². The monoisotopic (exact) mass is 766 g/mol. The molecule has 17 heteroatoms. The number of sulfonamides is 2. The molecule has 0 bridgehead atoms. The van der Waals surface area contributed by atoms with E-state index in [1.54, 1.807) is 47.4 Å². The Morgan fingerprint density at radius 2 is 1.64 bits per heavy atom. The summed E-state index contributed by atoms with van der Waals surface area (Å²) in [5.74, 6) is -2.87. The number of ether oxygens (including phenoxy) is 1. The average Bonchev–Trinajstić information content (AvgIpc) is 3.03. The molecular weight excluding hydrogens is 731 g/mol. The maximum absolute atomic E-state index is 14.4. The molecular formula is C33H36Cl2N4O9S2. The van der Waals surface area contributed by atoms with Crippen molar-refractivity contribution in [3.8, 4) is 5.75 Å². The number of rotatable bonds is 11. The van der Waals surface area contributed by atoms with Crippen LogP contribution >= 0.6 is 23.2 Å². The van der Waals surface area contributed by atoms with Crippen molar-refractivity contribution in [3.05, 3.63) is 98.5 Å². The molecule has 13 nitrogen and oxygen atoms in total. The molecule has 268 valence electrons. The molecule has 1 aliphatic carbocycles. The van der Waals surface area contributed by atoms with Crippen LogP contribution in [-0.2, 0) is 36.3 Å². The van der Waals surface area contributed by atoms with Gasteiger partial charge in [-0.25, -0.2) is 31.8 Å². The zero-order chi connectivity index (χ0) is 36.4. The SMILES string of the molecule is COc1ccc(CONC(=O)[C@@H]2c3ccccc3C(=O)N(C3CCCC[C@@H]3NS(C)(=O)=O)[C@H]2c2ccc(Cl)cc2Cl)cc1C(=O)NS(C)(=O)=O. The second-order valence-electron chi connectivity index (χ2n) is 12.2. The quantitative estimate of drug-likeness (QED) is 0.243. The van der Waals surface area contributed by atoms with Gasteiger partial charge in [-0.1, -0.05) is 66.4 Å². The van der Waals surface area contributed by atoms with Crippen molar-refractivity contribution in [1.29, 1.82) is 0 Å². The number of benzene rings is 3. The number of hydroxylamine groups is 1.